The van der Waals surface area contributed by atoms with Gasteiger partial charge in [0.2, 0.25) is 0 Å². The monoisotopic (exact) mass is 396 g/mol. The number of carboxylic acid groups (broad SMARTS) is 1. The van der Waals surface area contributed by atoms with Crippen LogP contribution >= 0.6 is 27.3 Å². The summed E-state index contributed by atoms with van der Waals surface area (Å²) in [6.07, 6.45) is 0. The summed E-state index contributed by atoms with van der Waals surface area (Å²) in [5.41, 5.74) is -1.27. The third kappa shape index (κ3) is 3.30. The summed E-state index contributed by atoms with van der Waals surface area (Å²) in [5.74, 6) is -5.26. The molecule has 1 aromatic heterocycles. The van der Waals surface area contributed by atoms with E-state index in [4.69, 9.17) is 5.11 Å². The average molecular weight is 397 g/mol. The number of hydrogen-bond donors (Lipinski definition) is 1. The summed E-state index contributed by atoms with van der Waals surface area (Å²) >= 11 is 4.32. The van der Waals surface area contributed by atoms with Crippen LogP contribution < -0.4 is 0 Å². The fourth-order valence-electron chi connectivity index (χ4n) is 1.66. The van der Waals surface area contributed by atoms with Crippen LogP contribution in [0.25, 0.3) is 0 Å². The maximum Gasteiger partial charge on any atom is 0.341 e. The summed E-state index contributed by atoms with van der Waals surface area (Å²) in [6, 6.07) is 2.92. The summed E-state index contributed by atoms with van der Waals surface area (Å²) in [6.45, 7) is 0. The fraction of sp³-hybridized carbons (Fsp3) is 0.0833. The molecular weight excluding hydrogens is 390 g/mol. The molecule has 0 radical (unpaired) electrons. The first-order valence-corrected chi connectivity index (χ1v) is 8.72. The van der Waals surface area contributed by atoms with E-state index in [1.807, 2.05) is 0 Å². The molecule has 2 aromatic rings. The van der Waals surface area contributed by atoms with Crippen LogP contribution in [0.15, 0.2) is 32.9 Å². The van der Waals surface area contributed by atoms with Crippen molar-refractivity contribution in [2.24, 2.45) is 0 Å². The fourth-order valence-corrected chi connectivity index (χ4v) is 4.90. The van der Waals surface area contributed by atoms with Crippen LogP contribution in [0.5, 0.6) is 0 Å². The highest BCUT2D eigenvalue weighted by molar-refractivity contribution is 9.10. The van der Waals surface area contributed by atoms with E-state index >= 15 is 0 Å². The zero-order valence-electron chi connectivity index (χ0n) is 10.1. The molecule has 1 aromatic carbocycles. The molecule has 0 aliphatic rings. The molecular formula is C12H7BrF2O4S2. The Bertz CT molecular complexity index is 815. The lowest BCUT2D eigenvalue weighted by Gasteiger charge is -2.07. The second-order valence-corrected chi connectivity index (χ2v) is 7.90. The lowest BCUT2D eigenvalue weighted by atomic mass is 10.2. The van der Waals surface area contributed by atoms with Crippen LogP contribution in [0.1, 0.15) is 15.2 Å². The smallest absolute Gasteiger partial charge is 0.341 e. The van der Waals surface area contributed by atoms with Gasteiger partial charge in [-0.3, -0.25) is 0 Å². The minimum atomic E-state index is -4.12. The van der Waals surface area contributed by atoms with Gasteiger partial charge in [0.05, 0.1) is 5.75 Å². The Morgan fingerprint density at radius 2 is 2.00 bits per heavy atom. The Morgan fingerprint density at radius 3 is 2.52 bits per heavy atom. The van der Waals surface area contributed by atoms with Crippen LogP contribution in [-0.2, 0) is 15.6 Å². The van der Waals surface area contributed by atoms with E-state index in [9.17, 15) is 22.0 Å². The first-order chi connectivity index (χ1) is 9.72. The number of thiophene rings is 1. The van der Waals surface area contributed by atoms with Crippen molar-refractivity contribution in [1.29, 1.82) is 0 Å². The van der Waals surface area contributed by atoms with E-state index in [1.54, 1.807) is 11.4 Å². The largest absolute Gasteiger partial charge is 0.477 e. The number of halogens is 3. The Kier molecular flexibility index (Phi) is 4.45. The maximum atomic E-state index is 14.0. The van der Waals surface area contributed by atoms with Crippen molar-refractivity contribution < 1.29 is 27.1 Å². The molecule has 0 spiro atoms. The molecule has 0 fully saturated rings. The molecule has 0 saturated heterocycles. The van der Waals surface area contributed by atoms with Gasteiger partial charge in [0, 0.05) is 14.7 Å². The molecule has 4 nitrogen and oxygen atoms in total. The van der Waals surface area contributed by atoms with Crippen molar-refractivity contribution in [3.63, 3.8) is 0 Å². The van der Waals surface area contributed by atoms with Gasteiger partial charge in [-0.15, -0.1) is 11.3 Å². The first-order valence-electron chi connectivity index (χ1n) is 5.39. The van der Waals surface area contributed by atoms with Gasteiger partial charge in [-0.2, -0.15) is 0 Å². The zero-order valence-corrected chi connectivity index (χ0v) is 13.4. The minimum Gasteiger partial charge on any atom is -0.477 e. The average Bonchev–Trinajstić information content (AvgIpc) is 2.72. The zero-order chi connectivity index (χ0) is 15.8. The Hall–Kier alpha value is -1.32. The molecule has 1 N–H and O–H groups in total. The van der Waals surface area contributed by atoms with E-state index in [0.29, 0.717) is 15.4 Å². The van der Waals surface area contributed by atoms with Gasteiger partial charge in [-0.25, -0.2) is 22.0 Å². The van der Waals surface area contributed by atoms with Crippen molar-refractivity contribution in [1.82, 2.24) is 0 Å². The summed E-state index contributed by atoms with van der Waals surface area (Å²) < 4.78 is 52.3. The number of benzene rings is 1. The van der Waals surface area contributed by atoms with Crippen molar-refractivity contribution >= 4 is 43.1 Å². The van der Waals surface area contributed by atoms with Crippen molar-refractivity contribution in [2.75, 3.05) is 0 Å². The van der Waals surface area contributed by atoms with Crippen molar-refractivity contribution in [3.05, 3.63) is 50.1 Å². The molecule has 112 valence electrons. The van der Waals surface area contributed by atoms with Gasteiger partial charge in [0.1, 0.15) is 16.3 Å². The van der Waals surface area contributed by atoms with Crippen LogP contribution in [0.4, 0.5) is 8.78 Å². The van der Waals surface area contributed by atoms with Gasteiger partial charge in [-0.05, 0) is 34.1 Å². The maximum absolute atomic E-state index is 14.0. The van der Waals surface area contributed by atoms with Crippen LogP contribution in [0.2, 0.25) is 0 Å². The summed E-state index contributed by atoms with van der Waals surface area (Å²) in [7, 11) is -4.12. The van der Waals surface area contributed by atoms with E-state index in [-0.39, 0.29) is 0 Å². The van der Waals surface area contributed by atoms with Crippen LogP contribution in [-0.4, -0.2) is 19.5 Å². The molecule has 0 amide bonds. The Balaban J connectivity index is 2.50. The number of carboxylic acids is 1. The summed E-state index contributed by atoms with van der Waals surface area (Å²) in [4.78, 5) is 10.4. The van der Waals surface area contributed by atoms with Crippen molar-refractivity contribution in [2.45, 2.75) is 10.6 Å². The standard InChI is InChI=1S/C12H7BrF2O4S2/c13-6-3-7(20-4-6)5-21(18,19)9-2-1-8(14)10(11(9)15)12(16)17/h1-4H,5H2,(H,16,17). The first kappa shape index (κ1) is 16.1. The van der Waals surface area contributed by atoms with Crippen LogP contribution in [0, 0.1) is 11.6 Å². The SMILES string of the molecule is O=C(O)c1c(F)ccc(S(=O)(=O)Cc2cc(Br)cs2)c1F. The van der Waals surface area contributed by atoms with Gasteiger partial charge >= 0.3 is 5.97 Å². The highest BCUT2D eigenvalue weighted by atomic mass is 79.9. The molecule has 21 heavy (non-hydrogen) atoms. The van der Waals surface area contributed by atoms with E-state index in [0.717, 1.165) is 17.4 Å². The molecule has 2 rings (SSSR count). The van der Waals surface area contributed by atoms with Crippen LogP contribution in [0.3, 0.4) is 0 Å². The molecule has 0 aliphatic heterocycles. The minimum absolute atomic E-state index is 0.447. The highest BCUT2D eigenvalue weighted by Gasteiger charge is 2.27. The van der Waals surface area contributed by atoms with Gasteiger partial charge < -0.3 is 5.11 Å². The van der Waals surface area contributed by atoms with E-state index in [1.165, 1.54) is 0 Å². The van der Waals surface area contributed by atoms with Gasteiger partial charge in [0.25, 0.3) is 0 Å². The van der Waals surface area contributed by atoms with Crippen molar-refractivity contribution in [3.8, 4) is 0 Å². The number of sulfone groups is 1. The van der Waals surface area contributed by atoms with Gasteiger partial charge in [0.15, 0.2) is 15.7 Å². The second kappa shape index (κ2) is 5.82. The number of aromatic carboxylic acids is 1. The molecule has 9 heteroatoms. The molecule has 0 unspecified atom stereocenters. The molecule has 0 saturated carbocycles. The number of carbonyl (C=O) groups is 1. The predicted molar refractivity (Wildman–Crippen MR) is 76.2 cm³/mol. The molecule has 0 atom stereocenters. The topological polar surface area (TPSA) is 71.4 Å². The lowest BCUT2D eigenvalue weighted by Crippen LogP contribution is -2.12. The Morgan fingerprint density at radius 1 is 1.33 bits per heavy atom. The highest BCUT2D eigenvalue weighted by Crippen LogP contribution is 2.27. The quantitative estimate of drug-likeness (QED) is 0.803. The number of rotatable bonds is 4. The van der Waals surface area contributed by atoms with E-state index in [2.05, 4.69) is 15.9 Å². The molecule has 0 aliphatic carbocycles. The number of hydrogen-bond acceptors (Lipinski definition) is 4. The Labute approximate surface area is 131 Å². The molecule has 0 bridgehead atoms. The third-order valence-corrected chi connectivity index (χ3v) is 6.12. The second-order valence-electron chi connectivity index (χ2n) is 4.03. The van der Waals surface area contributed by atoms with Gasteiger partial charge in [-0.1, -0.05) is 0 Å². The molecule has 1 heterocycles. The lowest BCUT2D eigenvalue weighted by molar-refractivity contribution is 0.0685. The van der Waals surface area contributed by atoms with E-state index < -0.39 is 43.7 Å². The summed E-state index contributed by atoms with van der Waals surface area (Å²) in [5, 5.41) is 10.4. The predicted octanol–water partition coefficient (Wildman–Crippen LogP) is 3.46. The normalized spacial score (nSPS) is 11.6. The third-order valence-electron chi connectivity index (χ3n) is 2.56.